The van der Waals surface area contributed by atoms with Gasteiger partial charge in [-0.15, -0.1) is 0 Å². The summed E-state index contributed by atoms with van der Waals surface area (Å²) in [6.07, 6.45) is 2.32. The summed E-state index contributed by atoms with van der Waals surface area (Å²) in [5.74, 6) is -2.48. The van der Waals surface area contributed by atoms with Gasteiger partial charge < -0.3 is 10.2 Å². The molecule has 3 rings (SSSR count). The van der Waals surface area contributed by atoms with Crippen LogP contribution in [0.2, 0.25) is 5.02 Å². The van der Waals surface area contributed by atoms with Gasteiger partial charge in [-0.1, -0.05) is 24.6 Å². The smallest absolute Gasteiger partial charge is 0.254 e. The Kier molecular flexibility index (Phi) is 7.19. The second-order valence-corrected chi connectivity index (χ2v) is 10.1. The number of sulfone groups is 1. The molecule has 0 aromatic heterocycles. The molecule has 1 heterocycles. The number of halogens is 3. The molecule has 0 unspecified atom stereocenters. The van der Waals surface area contributed by atoms with Gasteiger partial charge >= 0.3 is 0 Å². The maximum Gasteiger partial charge on any atom is 0.254 e. The van der Waals surface area contributed by atoms with Crippen molar-refractivity contribution in [2.24, 2.45) is 0 Å². The highest BCUT2D eigenvalue weighted by atomic mass is 35.5. The molecule has 1 aliphatic rings. The number of hydrogen-bond acceptors (Lipinski definition) is 4. The minimum absolute atomic E-state index is 0.00911. The van der Waals surface area contributed by atoms with Crippen LogP contribution in [0.1, 0.15) is 48.1 Å². The van der Waals surface area contributed by atoms with E-state index in [0.29, 0.717) is 25.8 Å². The first-order valence-electron chi connectivity index (χ1n) is 10.1. The zero-order chi connectivity index (χ0) is 23.6. The Labute approximate surface area is 190 Å². The fraction of sp³-hybridized carbons (Fsp3) is 0.364. The summed E-state index contributed by atoms with van der Waals surface area (Å²) in [4.78, 5) is 27.4. The Morgan fingerprint density at radius 3 is 2.59 bits per heavy atom. The molecule has 172 valence electrons. The van der Waals surface area contributed by atoms with Crippen molar-refractivity contribution in [3.05, 3.63) is 64.2 Å². The first-order chi connectivity index (χ1) is 15.0. The second-order valence-electron chi connectivity index (χ2n) is 7.71. The van der Waals surface area contributed by atoms with Gasteiger partial charge in [0.25, 0.3) is 5.91 Å². The summed E-state index contributed by atoms with van der Waals surface area (Å²) in [6.45, 7) is 2.03. The molecule has 6 nitrogen and oxygen atoms in total. The number of benzene rings is 2. The highest BCUT2D eigenvalue weighted by Gasteiger charge is 2.36. The van der Waals surface area contributed by atoms with Crippen LogP contribution in [0.4, 0.5) is 8.78 Å². The van der Waals surface area contributed by atoms with Gasteiger partial charge in [-0.25, -0.2) is 17.2 Å². The van der Waals surface area contributed by atoms with Gasteiger partial charge in [-0.3, -0.25) is 9.59 Å². The SMILES string of the molecule is CC[C@@H](NC(=O)[C@H]1CCCN1C(=O)c1cccc(S(C)(=O)=O)c1)c1cc(F)c(Cl)cc1F. The standard InChI is InChI=1S/C22H23ClF2N2O4S/c1-3-19(15-11-18(25)16(23)12-17(15)24)26-21(28)20-8-5-9-27(20)22(29)13-6-4-7-14(10-13)32(2,30)31/h4,6-7,10-12,19-20H,3,5,8-9H2,1-2H3,(H,26,28)/t19-,20-/m1/s1. The van der Waals surface area contributed by atoms with E-state index < -0.39 is 45.4 Å². The van der Waals surface area contributed by atoms with Crippen molar-refractivity contribution in [3.63, 3.8) is 0 Å². The molecule has 32 heavy (non-hydrogen) atoms. The van der Waals surface area contributed by atoms with Crippen molar-refractivity contribution < 1.29 is 26.8 Å². The number of amides is 2. The number of nitrogens with one attached hydrogen (secondary N) is 1. The first-order valence-corrected chi connectivity index (χ1v) is 12.4. The fourth-order valence-corrected chi connectivity index (χ4v) is 4.60. The summed E-state index contributed by atoms with van der Waals surface area (Å²) in [7, 11) is -3.50. The molecule has 1 N–H and O–H groups in total. The van der Waals surface area contributed by atoms with Crippen LogP contribution in [0.25, 0.3) is 0 Å². The van der Waals surface area contributed by atoms with Crippen LogP contribution in [-0.4, -0.2) is 44.0 Å². The van der Waals surface area contributed by atoms with E-state index >= 15 is 0 Å². The number of carbonyl (C=O) groups is 2. The molecule has 1 saturated heterocycles. The van der Waals surface area contributed by atoms with Crippen molar-refractivity contribution in [1.29, 1.82) is 0 Å². The van der Waals surface area contributed by atoms with Gasteiger partial charge in [0, 0.05) is 23.9 Å². The van der Waals surface area contributed by atoms with Crippen LogP contribution in [0.3, 0.4) is 0 Å². The Hall–Kier alpha value is -2.52. The van der Waals surface area contributed by atoms with Crippen molar-refractivity contribution in [1.82, 2.24) is 10.2 Å². The van der Waals surface area contributed by atoms with Gasteiger partial charge in [0.1, 0.15) is 17.7 Å². The molecule has 2 amide bonds. The Balaban J connectivity index is 1.81. The zero-order valence-electron chi connectivity index (χ0n) is 17.6. The van der Waals surface area contributed by atoms with E-state index in [2.05, 4.69) is 5.32 Å². The molecule has 10 heteroatoms. The van der Waals surface area contributed by atoms with E-state index in [4.69, 9.17) is 11.6 Å². The largest absolute Gasteiger partial charge is 0.347 e. The Bertz CT molecular complexity index is 1160. The highest BCUT2D eigenvalue weighted by molar-refractivity contribution is 7.90. The molecule has 2 atom stereocenters. The third kappa shape index (κ3) is 5.10. The summed E-state index contributed by atoms with van der Waals surface area (Å²) < 4.78 is 51.8. The number of likely N-dealkylation sites (tertiary alicyclic amines) is 1. The van der Waals surface area contributed by atoms with Crippen LogP contribution in [0, 0.1) is 11.6 Å². The molecule has 2 aromatic rings. The average molecular weight is 485 g/mol. The molecule has 0 saturated carbocycles. The summed E-state index contributed by atoms with van der Waals surface area (Å²) in [5, 5.41) is 2.36. The molecular weight excluding hydrogens is 462 g/mol. The van der Waals surface area contributed by atoms with Crippen molar-refractivity contribution in [2.75, 3.05) is 12.8 Å². The van der Waals surface area contributed by atoms with Gasteiger partial charge in [0.05, 0.1) is 16.0 Å². The monoisotopic (exact) mass is 484 g/mol. The predicted molar refractivity (Wildman–Crippen MR) is 116 cm³/mol. The maximum atomic E-state index is 14.3. The van der Waals surface area contributed by atoms with Gasteiger partial charge in [-0.2, -0.15) is 0 Å². The van der Waals surface area contributed by atoms with Gasteiger partial charge in [0.15, 0.2) is 9.84 Å². The van der Waals surface area contributed by atoms with Crippen molar-refractivity contribution >= 4 is 33.3 Å². The summed E-state index contributed by atoms with van der Waals surface area (Å²) in [6, 6.07) is 5.85. The lowest BCUT2D eigenvalue weighted by Crippen LogP contribution is -2.47. The third-order valence-corrected chi connectivity index (χ3v) is 6.87. The normalized spacial score (nSPS) is 17.3. The topological polar surface area (TPSA) is 83.6 Å². The van der Waals surface area contributed by atoms with E-state index in [1.807, 2.05) is 0 Å². The molecule has 0 spiro atoms. The van der Waals surface area contributed by atoms with E-state index in [9.17, 15) is 26.8 Å². The first kappa shape index (κ1) is 24.1. The lowest BCUT2D eigenvalue weighted by molar-refractivity contribution is -0.125. The summed E-state index contributed by atoms with van der Waals surface area (Å²) >= 11 is 5.61. The van der Waals surface area contributed by atoms with E-state index in [0.717, 1.165) is 18.4 Å². The number of rotatable bonds is 6. The molecule has 0 bridgehead atoms. The Morgan fingerprint density at radius 1 is 1.22 bits per heavy atom. The third-order valence-electron chi connectivity index (χ3n) is 5.47. The average Bonchev–Trinajstić information content (AvgIpc) is 3.23. The Morgan fingerprint density at radius 2 is 1.94 bits per heavy atom. The molecule has 1 aliphatic heterocycles. The number of nitrogens with zero attached hydrogens (tertiary/aromatic N) is 1. The van der Waals surface area contributed by atoms with Gasteiger partial charge in [-0.05, 0) is 49.6 Å². The van der Waals surface area contributed by atoms with Crippen LogP contribution in [0.5, 0.6) is 0 Å². The highest BCUT2D eigenvalue weighted by Crippen LogP contribution is 2.27. The zero-order valence-corrected chi connectivity index (χ0v) is 19.1. The quantitative estimate of drug-likeness (QED) is 0.630. The van der Waals surface area contributed by atoms with Gasteiger partial charge in [0.2, 0.25) is 5.91 Å². The number of hydrogen-bond donors (Lipinski definition) is 1. The number of carbonyl (C=O) groups excluding carboxylic acids is 2. The van der Waals surface area contributed by atoms with Crippen LogP contribution in [-0.2, 0) is 14.6 Å². The van der Waals surface area contributed by atoms with E-state index in [-0.39, 0.29) is 21.0 Å². The minimum Gasteiger partial charge on any atom is -0.347 e. The van der Waals surface area contributed by atoms with Crippen LogP contribution < -0.4 is 5.32 Å². The second kappa shape index (κ2) is 9.54. The van der Waals surface area contributed by atoms with Crippen molar-refractivity contribution in [3.8, 4) is 0 Å². The van der Waals surface area contributed by atoms with E-state index in [1.54, 1.807) is 6.92 Å². The molecule has 0 aliphatic carbocycles. The molecule has 2 aromatic carbocycles. The van der Waals surface area contributed by atoms with Crippen molar-refractivity contribution in [2.45, 2.75) is 43.2 Å². The lowest BCUT2D eigenvalue weighted by atomic mass is 10.0. The molecular formula is C22H23ClF2N2O4S. The molecule has 0 radical (unpaired) electrons. The molecule has 1 fully saturated rings. The van der Waals surface area contributed by atoms with Crippen LogP contribution >= 0.6 is 11.6 Å². The fourth-order valence-electron chi connectivity index (χ4n) is 3.78. The maximum absolute atomic E-state index is 14.3. The predicted octanol–water partition coefficient (Wildman–Crippen LogP) is 3.89. The van der Waals surface area contributed by atoms with E-state index in [1.165, 1.54) is 29.2 Å². The minimum atomic E-state index is -3.50. The summed E-state index contributed by atoms with van der Waals surface area (Å²) in [5.41, 5.74) is 0.130. The lowest BCUT2D eigenvalue weighted by Gasteiger charge is -2.27. The van der Waals surface area contributed by atoms with Crippen LogP contribution in [0.15, 0.2) is 41.3 Å².